The van der Waals surface area contributed by atoms with E-state index in [4.69, 9.17) is 4.42 Å². The van der Waals surface area contributed by atoms with Crippen LogP contribution in [0.2, 0.25) is 0 Å². The number of amides is 1. The first kappa shape index (κ1) is 25.2. The summed E-state index contributed by atoms with van der Waals surface area (Å²) < 4.78 is 5.90. The zero-order chi connectivity index (χ0) is 22.8. The molecular weight excluding hydrogens is 386 g/mol. The number of hydrogen-bond acceptors (Lipinski definition) is 4. The van der Waals surface area contributed by atoms with E-state index in [2.05, 4.69) is 80.9 Å². The van der Waals surface area contributed by atoms with Crippen LogP contribution in [0.25, 0.3) is 0 Å². The number of benzene rings is 1. The Hall–Kier alpha value is -2.11. The molecule has 0 aliphatic carbocycles. The molecule has 0 fully saturated rings. The van der Waals surface area contributed by atoms with Crippen molar-refractivity contribution in [3.05, 3.63) is 59.0 Å². The van der Waals surface area contributed by atoms with E-state index >= 15 is 0 Å². The lowest BCUT2D eigenvalue weighted by Gasteiger charge is -2.25. The zero-order valence-electron chi connectivity index (χ0n) is 20.3. The van der Waals surface area contributed by atoms with Crippen LogP contribution in [0.4, 0.5) is 0 Å². The molecule has 1 unspecified atom stereocenters. The zero-order valence-corrected chi connectivity index (χ0v) is 20.3. The van der Waals surface area contributed by atoms with E-state index in [1.54, 1.807) is 6.07 Å². The van der Waals surface area contributed by atoms with E-state index in [-0.39, 0.29) is 11.9 Å². The molecule has 1 aromatic carbocycles. The largest absolute Gasteiger partial charge is 0.455 e. The fourth-order valence-corrected chi connectivity index (χ4v) is 3.78. The standard InChI is InChI=1S/C26H41N3O2/c1-7-28(8-2)16-10-12-22(6)27-26(30)25-15-14-24(31-25)19-29(20(3)4)18-23-13-9-11-21(5)17-23/h9,11,13-15,17,20,22H,7-8,10,12,16,18-19H2,1-6H3,(H,27,30). The molecule has 1 N–H and O–H groups in total. The Kier molecular flexibility index (Phi) is 10.3. The van der Waals surface area contributed by atoms with Gasteiger partial charge < -0.3 is 14.6 Å². The van der Waals surface area contributed by atoms with Gasteiger partial charge in [-0.3, -0.25) is 9.69 Å². The van der Waals surface area contributed by atoms with Crippen LogP contribution in [-0.4, -0.2) is 47.4 Å². The van der Waals surface area contributed by atoms with Gasteiger partial charge in [0.1, 0.15) is 5.76 Å². The highest BCUT2D eigenvalue weighted by atomic mass is 16.4. The maximum absolute atomic E-state index is 12.6. The van der Waals surface area contributed by atoms with Crippen molar-refractivity contribution < 1.29 is 9.21 Å². The molecule has 0 saturated heterocycles. The molecule has 5 heteroatoms. The topological polar surface area (TPSA) is 48.7 Å². The predicted molar refractivity (Wildman–Crippen MR) is 128 cm³/mol. The number of furan rings is 1. The summed E-state index contributed by atoms with van der Waals surface area (Å²) >= 11 is 0. The van der Waals surface area contributed by atoms with Crippen molar-refractivity contribution in [2.75, 3.05) is 19.6 Å². The maximum atomic E-state index is 12.6. The van der Waals surface area contributed by atoms with Gasteiger partial charge in [0, 0.05) is 18.6 Å². The smallest absolute Gasteiger partial charge is 0.287 e. The van der Waals surface area contributed by atoms with E-state index < -0.39 is 0 Å². The van der Waals surface area contributed by atoms with Crippen LogP contribution in [-0.2, 0) is 13.1 Å². The Morgan fingerprint density at radius 1 is 1.06 bits per heavy atom. The van der Waals surface area contributed by atoms with Gasteiger partial charge in [-0.25, -0.2) is 0 Å². The van der Waals surface area contributed by atoms with Crippen LogP contribution in [0, 0.1) is 6.92 Å². The number of carbonyl (C=O) groups excluding carboxylic acids is 1. The third kappa shape index (κ3) is 8.50. The van der Waals surface area contributed by atoms with Crippen LogP contribution in [0.5, 0.6) is 0 Å². The molecule has 0 saturated carbocycles. The van der Waals surface area contributed by atoms with Crippen molar-refractivity contribution in [3.8, 4) is 0 Å². The molecule has 2 aromatic rings. The summed E-state index contributed by atoms with van der Waals surface area (Å²) in [6.07, 6.45) is 2.04. The number of aryl methyl sites for hydroxylation is 1. The van der Waals surface area contributed by atoms with Crippen molar-refractivity contribution in [3.63, 3.8) is 0 Å². The quantitative estimate of drug-likeness (QED) is 0.475. The van der Waals surface area contributed by atoms with Gasteiger partial charge in [0.25, 0.3) is 5.91 Å². The van der Waals surface area contributed by atoms with Gasteiger partial charge in [0.05, 0.1) is 6.54 Å². The first-order valence-electron chi connectivity index (χ1n) is 11.7. The third-order valence-corrected chi connectivity index (χ3v) is 5.83. The lowest BCUT2D eigenvalue weighted by molar-refractivity contribution is 0.0904. The molecule has 0 aliphatic rings. The third-order valence-electron chi connectivity index (χ3n) is 5.83. The molecule has 2 rings (SSSR count). The number of rotatable bonds is 13. The Balaban J connectivity index is 1.88. The van der Waals surface area contributed by atoms with Crippen molar-refractivity contribution in [1.29, 1.82) is 0 Å². The number of nitrogens with one attached hydrogen (secondary N) is 1. The van der Waals surface area contributed by atoms with Gasteiger partial charge in [-0.05, 0) is 77.9 Å². The molecule has 172 valence electrons. The minimum absolute atomic E-state index is 0.128. The molecule has 0 bridgehead atoms. The van der Waals surface area contributed by atoms with Crippen molar-refractivity contribution in [1.82, 2.24) is 15.1 Å². The molecule has 1 heterocycles. The Labute approximate surface area is 188 Å². The van der Waals surface area contributed by atoms with Crippen LogP contribution < -0.4 is 5.32 Å². The van der Waals surface area contributed by atoms with Gasteiger partial charge >= 0.3 is 0 Å². The van der Waals surface area contributed by atoms with Crippen LogP contribution in [0.1, 0.15) is 74.9 Å². The molecule has 0 radical (unpaired) electrons. The van der Waals surface area contributed by atoms with E-state index in [1.165, 1.54) is 11.1 Å². The van der Waals surface area contributed by atoms with Gasteiger partial charge in [-0.15, -0.1) is 0 Å². The summed E-state index contributed by atoms with van der Waals surface area (Å²) in [6.45, 7) is 17.7. The first-order chi connectivity index (χ1) is 14.8. The minimum atomic E-state index is -0.128. The Morgan fingerprint density at radius 2 is 1.81 bits per heavy atom. The molecule has 31 heavy (non-hydrogen) atoms. The lowest BCUT2D eigenvalue weighted by atomic mass is 10.1. The number of carbonyl (C=O) groups is 1. The Bertz CT molecular complexity index is 795. The predicted octanol–water partition coefficient (Wildman–Crippen LogP) is 5.24. The van der Waals surface area contributed by atoms with E-state index in [0.29, 0.717) is 18.3 Å². The highest BCUT2D eigenvalue weighted by Crippen LogP contribution is 2.17. The first-order valence-corrected chi connectivity index (χ1v) is 11.7. The average molecular weight is 428 g/mol. The molecule has 1 amide bonds. The normalized spacial score (nSPS) is 12.7. The summed E-state index contributed by atoms with van der Waals surface area (Å²) in [5.41, 5.74) is 2.56. The monoisotopic (exact) mass is 427 g/mol. The summed E-state index contributed by atoms with van der Waals surface area (Å²) in [5.74, 6) is 1.09. The van der Waals surface area contributed by atoms with E-state index in [0.717, 1.165) is 44.8 Å². The van der Waals surface area contributed by atoms with Crippen molar-refractivity contribution in [2.45, 2.75) is 79.6 Å². The summed E-state index contributed by atoms with van der Waals surface area (Å²) in [5, 5.41) is 3.08. The van der Waals surface area contributed by atoms with Gasteiger partial charge in [0.15, 0.2) is 5.76 Å². The second kappa shape index (κ2) is 12.7. The van der Waals surface area contributed by atoms with Crippen LogP contribution in [0.3, 0.4) is 0 Å². The second-order valence-corrected chi connectivity index (χ2v) is 8.80. The molecule has 5 nitrogen and oxygen atoms in total. The van der Waals surface area contributed by atoms with Gasteiger partial charge in [-0.1, -0.05) is 43.7 Å². The molecule has 1 atom stereocenters. The second-order valence-electron chi connectivity index (χ2n) is 8.80. The summed E-state index contributed by atoms with van der Waals surface area (Å²) in [7, 11) is 0. The summed E-state index contributed by atoms with van der Waals surface area (Å²) in [6, 6.07) is 12.8. The van der Waals surface area contributed by atoms with Crippen molar-refractivity contribution in [2.24, 2.45) is 0 Å². The van der Waals surface area contributed by atoms with E-state index in [1.807, 2.05) is 6.07 Å². The summed E-state index contributed by atoms with van der Waals surface area (Å²) in [4.78, 5) is 17.4. The fraction of sp³-hybridized carbons (Fsp3) is 0.577. The average Bonchev–Trinajstić information content (AvgIpc) is 3.19. The number of hydrogen-bond donors (Lipinski definition) is 1. The van der Waals surface area contributed by atoms with Gasteiger partial charge in [0.2, 0.25) is 0 Å². The molecule has 1 aromatic heterocycles. The minimum Gasteiger partial charge on any atom is -0.455 e. The molecule has 0 aliphatic heterocycles. The molecule has 0 spiro atoms. The fourth-order valence-electron chi connectivity index (χ4n) is 3.78. The van der Waals surface area contributed by atoms with Crippen molar-refractivity contribution >= 4 is 5.91 Å². The maximum Gasteiger partial charge on any atom is 0.287 e. The van der Waals surface area contributed by atoms with Crippen LogP contribution in [0.15, 0.2) is 40.8 Å². The van der Waals surface area contributed by atoms with E-state index in [9.17, 15) is 4.79 Å². The highest BCUT2D eigenvalue weighted by molar-refractivity contribution is 5.91. The molecular formula is C26H41N3O2. The number of nitrogens with zero attached hydrogens (tertiary/aromatic N) is 2. The van der Waals surface area contributed by atoms with Crippen LogP contribution >= 0.6 is 0 Å². The van der Waals surface area contributed by atoms with Gasteiger partial charge in [-0.2, -0.15) is 0 Å². The lowest BCUT2D eigenvalue weighted by Crippen LogP contribution is -2.33. The SMILES string of the molecule is CCN(CC)CCCC(C)NC(=O)c1ccc(CN(Cc2cccc(C)c2)C(C)C)o1. The Morgan fingerprint density at radius 3 is 2.45 bits per heavy atom. The highest BCUT2D eigenvalue weighted by Gasteiger charge is 2.17.